The van der Waals surface area contributed by atoms with E-state index in [1.807, 2.05) is 24.3 Å². The van der Waals surface area contributed by atoms with E-state index in [0.717, 1.165) is 28.8 Å². The highest BCUT2D eigenvalue weighted by atomic mass is 35.5. The van der Waals surface area contributed by atoms with Crippen LogP contribution in [0.15, 0.2) is 42.5 Å². The molecule has 2 aliphatic carbocycles. The van der Waals surface area contributed by atoms with Crippen molar-refractivity contribution in [3.63, 3.8) is 0 Å². The van der Waals surface area contributed by atoms with Gasteiger partial charge in [-0.25, -0.2) is 9.97 Å². The number of ether oxygens (including phenoxy) is 1. The number of hydrogen-bond donors (Lipinski definition) is 0. The Hall–Kier alpha value is -2.17. The molecule has 2 atom stereocenters. The van der Waals surface area contributed by atoms with E-state index in [9.17, 15) is 4.79 Å². The molecule has 1 saturated carbocycles. The minimum absolute atomic E-state index is 0.262. The second kappa shape index (κ2) is 5.93. The summed E-state index contributed by atoms with van der Waals surface area (Å²) >= 11 is 12.3. The lowest BCUT2D eigenvalue weighted by Gasteiger charge is -2.38. The predicted molar refractivity (Wildman–Crippen MR) is 114 cm³/mol. The number of aromatic nitrogens is 2. The molecule has 0 aliphatic heterocycles. The predicted octanol–water partition coefficient (Wildman–Crippen LogP) is 5.87. The van der Waals surface area contributed by atoms with Gasteiger partial charge >= 0.3 is 5.97 Å². The van der Waals surface area contributed by atoms with Crippen molar-refractivity contribution >= 4 is 40.2 Å². The van der Waals surface area contributed by atoms with Crippen LogP contribution in [0.5, 0.6) is 5.75 Å². The van der Waals surface area contributed by atoms with Crippen LogP contribution in [0.1, 0.15) is 45.0 Å². The van der Waals surface area contributed by atoms with Crippen molar-refractivity contribution in [1.29, 1.82) is 0 Å². The molecule has 1 aromatic heterocycles. The SMILES string of the molecule is CC12CCC(C(=O)Oc3ccc(Cl)cc3Cl)(c3nc4ccccc4nc31)C2(C)C. The molecule has 6 heteroatoms. The fraction of sp³-hybridized carbons (Fsp3) is 0.348. The third-order valence-electron chi connectivity index (χ3n) is 7.39. The van der Waals surface area contributed by atoms with E-state index in [4.69, 9.17) is 37.9 Å². The van der Waals surface area contributed by atoms with Gasteiger partial charge in [0.15, 0.2) is 0 Å². The molecule has 148 valence electrons. The minimum Gasteiger partial charge on any atom is -0.424 e. The van der Waals surface area contributed by atoms with Crippen LogP contribution in [-0.2, 0) is 15.6 Å². The van der Waals surface area contributed by atoms with Gasteiger partial charge in [-0.1, -0.05) is 56.1 Å². The molecule has 0 spiro atoms. The molecule has 2 unspecified atom stereocenters. The van der Waals surface area contributed by atoms with Crippen molar-refractivity contribution in [1.82, 2.24) is 9.97 Å². The van der Waals surface area contributed by atoms with Crippen LogP contribution in [0, 0.1) is 5.41 Å². The number of nitrogens with zero attached hydrogens (tertiary/aromatic N) is 2. The number of rotatable bonds is 2. The molecule has 0 amide bonds. The van der Waals surface area contributed by atoms with Crippen LogP contribution in [0.3, 0.4) is 0 Å². The molecule has 0 radical (unpaired) electrons. The van der Waals surface area contributed by atoms with Gasteiger partial charge in [0.05, 0.1) is 27.4 Å². The summed E-state index contributed by atoms with van der Waals surface area (Å²) in [5, 5.41) is 0.800. The zero-order valence-electron chi connectivity index (χ0n) is 16.4. The molecular weight excluding hydrogens is 407 g/mol. The standard InChI is InChI=1S/C23H20Cl2N2O2/c1-21(2)22(3)10-11-23(21,20(28)29-17-9-8-13(24)12-14(17)25)19-18(22)26-15-6-4-5-7-16(15)27-19/h4-9,12H,10-11H2,1-3H3. The lowest BCUT2D eigenvalue weighted by atomic mass is 9.64. The second-order valence-electron chi connectivity index (χ2n) is 8.74. The van der Waals surface area contributed by atoms with E-state index in [2.05, 4.69) is 20.8 Å². The lowest BCUT2D eigenvalue weighted by Crippen LogP contribution is -2.48. The Morgan fingerprint density at radius 3 is 2.28 bits per heavy atom. The molecule has 4 nitrogen and oxygen atoms in total. The first-order valence-corrected chi connectivity index (χ1v) is 10.4. The van der Waals surface area contributed by atoms with Gasteiger partial charge in [-0.05, 0) is 48.6 Å². The average molecular weight is 427 g/mol. The number of carbonyl (C=O) groups is 1. The third-order valence-corrected chi connectivity index (χ3v) is 7.92. The smallest absolute Gasteiger partial charge is 0.324 e. The first-order valence-electron chi connectivity index (χ1n) is 9.66. The van der Waals surface area contributed by atoms with Gasteiger partial charge < -0.3 is 4.74 Å². The molecule has 0 N–H and O–H groups in total. The van der Waals surface area contributed by atoms with Crippen molar-refractivity contribution in [2.45, 2.75) is 44.4 Å². The normalized spacial score (nSPS) is 26.5. The molecule has 2 bridgehead atoms. The van der Waals surface area contributed by atoms with Crippen LogP contribution in [0.4, 0.5) is 0 Å². The number of para-hydroxylation sites is 2. The summed E-state index contributed by atoms with van der Waals surface area (Å²) in [6.07, 6.45) is 1.52. The number of benzene rings is 2. The summed E-state index contributed by atoms with van der Waals surface area (Å²) in [5.41, 5.74) is 1.74. The van der Waals surface area contributed by atoms with E-state index < -0.39 is 10.8 Å². The fourth-order valence-electron chi connectivity index (χ4n) is 5.24. The molecule has 5 rings (SSSR count). The number of esters is 1. The van der Waals surface area contributed by atoms with Crippen molar-refractivity contribution in [3.8, 4) is 5.75 Å². The highest BCUT2D eigenvalue weighted by Gasteiger charge is 2.74. The van der Waals surface area contributed by atoms with E-state index in [-0.39, 0.29) is 11.4 Å². The van der Waals surface area contributed by atoms with Crippen LogP contribution in [-0.4, -0.2) is 15.9 Å². The first-order chi connectivity index (χ1) is 13.7. The zero-order chi connectivity index (χ0) is 20.6. The molecular formula is C23H20Cl2N2O2. The van der Waals surface area contributed by atoms with Crippen molar-refractivity contribution in [2.75, 3.05) is 0 Å². The molecule has 2 aromatic carbocycles. The Morgan fingerprint density at radius 1 is 0.966 bits per heavy atom. The van der Waals surface area contributed by atoms with Crippen molar-refractivity contribution in [3.05, 3.63) is 63.9 Å². The van der Waals surface area contributed by atoms with Crippen LogP contribution >= 0.6 is 23.2 Å². The van der Waals surface area contributed by atoms with E-state index >= 15 is 0 Å². The molecule has 0 saturated heterocycles. The van der Waals surface area contributed by atoms with Crippen molar-refractivity contribution < 1.29 is 9.53 Å². The number of hydrogen-bond acceptors (Lipinski definition) is 4. The quantitative estimate of drug-likeness (QED) is 0.379. The summed E-state index contributed by atoms with van der Waals surface area (Å²) in [7, 11) is 0. The maximum absolute atomic E-state index is 13.7. The molecule has 29 heavy (non-hydrogen) atoms. The average Bonchev–Trinajstić information content (AvgIpc) is 2.98. The maximum Gasteiger partial charge on any atom is 0.324 e. The van der Waals surface area contributed by atoms with Crippen molar-refractivity contribution in [2.24, 2.45) is 5.41 Å². The summed E-state index contributed by atoms with van der Waals surface area (Å²) in [6.45, 7) is 6.43. The third kappa shape index (κ3) is 2.25. The zero-order valence-corrected chi connectivity index (χ0v) is 17.9. The van der Waals surface area contributed by atoms with Crippen LogP contribution < -0.4 is 4.74 Å². The largest absolute Gasteiger partial charge is 0.424 e. The summed E-state index contributed by atoms with van der Waals surface area (Å²) in [6, 6.07) is 12.6. The van der Waals surface area contributed by atoms with Gasteiger partial charge in [0.2, 0.25) is 0 Å². The fourth-order valence-corrected chi connectivity index (χ4v) is 5.69. The Labute approximate surface area is 179 Å². The summed E-state index contributed by atoms with van der Waals surface area (Å²) < 4.78 is 5.86. The maximum atomic E-state index is 13.7. The number of carbonyl (C=O) groups excluding carboxylic acids is 1. The summed E-state index contributed by atoms with van der Waals surface area (Å²) in [4.78, 5) is 23.6. The second-order valence-corrected chi connectivity index (χ2v) is 9.58. The molecule has 2 aliphatic rings. The molecule has 1 fully saturated rings. The highest BCUT2D eigenvalue weighted by molar-refractivity contribution is 6.35. The van der Waals surface area contributed by atoms with Crippen LogP contribution in [0.2, 0.25) is 10.0 Å². The number of fused-ring (bicyclic) bond motifs is 6. The first kappa shape index (κ1) is 18.8. The minimum atomic E-state index is -0.878. The Kier molecular flexibility index (Phi) is 3.85. The van der Waals surface area contributed by atoms with E-state index in [1.54, 1.807) is 18.2 Å². The molecule has 1 heterocycles. The lowest BCUT2D eigenvalue weighted by molar-refractivity contribution is -0.145. The van der Waals surface area contributed by atoms with Crippen LogP contribution in [0.25, 0.3) is 11.0 Å². The van der Waals surface area contributed by atoms with Gasteiger partial charge in [-0.3, -0.25) is 4.79 Å². The van der Waals surface area contributed by atoms with E-state index in [1.165, 1.54) is 0 Å². The Balaban J connectivity index is 1.69. The topological polar surface area (TPSA) is 52.1 Å². The Morgan fingerprint density at radius 2 is 1.62 bits per heavy atom. The van der Waals surface area contributed by atoms with Gasteiger partial charge in [0.25, 0.3) is 0 Å². The number of halogens is 2. The Bertz CT molecular complexity index is 1190. The monoisotopic (exact) mass is 426 g/mol. The van der Waals surface area contributed by atoms with Gasteiger partial charge in [0, 0.05) is 10.4 Å². The highest BCUT2D eigenvalue weighted by Crippen LogP contribution is 2.70. The molecule has 3 aromatic rings. The van der Waals surface area contributed by atoms with Gasteiger partial charge in [0.1, 0.15) is 11.2 Å². The van der Waals surface area contributed by atoms with Gasteiger partial charge in [-0.15, -0.1) is 0 Å². The summed E-state index contributed by atoms with van der Waals surface area (Å²) in [5.74, 6) is -0.0270. The van der Waals surface area contributed by atoms with E-state index in [0.29, 0.717) is 22.2 Å². The van der Waals surface area contributed by atoms with Gasteiger partial charge in [-0.2, -0.15) is 0 Å².